The average molecular weight is 602 g/mol. The van der Waals surface area contributed by atoms with Gasteiger partial charge in [-0.2, -0.15) is 0 Å². The Kier molecular flexibility index (Phi) is 9.53. The summed E-state index contributed by atoms with van der Waals surface area (Å²) >= 11 is 7.58. The van der Waals surface area contributed by atoms with E-state index in [-0.39, 0.29) is 16.6 Å². The zero-order valence-electron chi connectivity index (χ0n) is 22.6. The van der Waals surface area contributed by atoms with E-state index < -0.39 is 36.3 Å². The minimum Gasteiger partial charge on any atom is -0.494 e. The minimum absolute atomic E-state index is 0.0896. The molecule has 5 unspecified atom stereocenters. The van der Waals surface area contributed by atoms with Gasteiger partial charge in [0.1, 0.15) is 36.0 Å². The van der Waals surface area contributed by atoms with Gasteiger partial charge in [-0.25, -0.2) is 4.39 Å². The Morgan fingerprint density at radius 3 is 2.49 bits per heavy atom. The molecule has 2 saturated heterocycles. The van der Waals surface area contributed by atoms with Crippen LogP contribution in [0.2, 0.25) is 5.02 Å². The van der Waals surface area contributed by atoms with Crippen molar-refractivity contribution in [3.63, 3.8) is 0 Å². The molecule has 0 saturated carbocycles. The van der Waals surface area contributed by atoms with Crippen molar-refractivity contribution in [1.29, 1.82) is 0 Å². The first-order chi connectivity index (χ1) is 19.7. The monoisotopic (exact) mass is 601 g/mol. The van der Waals surface area contributed by atoms with Crippen LogP contribution in [0, 0.1) is 5.82 Å². The highest BCUT2D eigenvalue weighted by Crippen LogP contribution is 2.37. The zero-order valence-corrected chi connectivity index (χ0v) is 24.2. The van der Waals surface area contributed by atoms with Crippen LogP contribution in [0.1, 0.15) is 46.5 Å². The van der Waals surface area contributed by atoms with Crippen molar-refractivity contribution in [3.8, 4) is 5.75 Å². The molecule has 0 aliphatic carbocycles. The first kappa shape index (κ1) is 29.8. The average Bonchev–Trinajstić information content (AvgIpc) is 2.93. The molecule has 3 aromatic rings. The lowest BCUT2D eigenvalue weighted by molar-refractivity contribution is -0.218. The highest BCUT2D eigenvalue weighted by atomic mass is 35.5. The van der Waals surface area contributed by atoms with Gasteiger partial charge < -0.3 is 29.7 Å². The Morgan fingerprint density at radius 2 is 1.80 bits per heavy atom. The quantitative estimate of drug-likeness (QED) is 0.308. The molecule has 0 spiro atoms. The third kappa shape index (κ3) is 6.71. The summed E-state index contributed by atoms with van der Waals surface area (Å²) in [7, 11) is 0. The van der Waals surface area contributed by atoms with E-state index >= 15 is 0 Å². The molecule has 5 rings (SSSR count). The molecular formula is C31H33ClFNO6S. The van der Waals surface area contributed by atoms with Gasteiger partial charge in [-0.15, -0.1) is 11.8 Å². The maximum absolute atomic E-state index is 14.6. The lowest BCUT2D eigenvalue weighted by Crippen LogP contribution is -2.54. The molecular weight excluding hydrogens is 569 g/mol. The number of carbonyl (C=O) groups excluding carboxylic acids is 1. The van der Waals surface area contributed by atoms with Gasteiger partial charge >= 0.3 is 0 Å². The second kappa shape index (κ2) is 13.1. The van der Waals surface area contributed by atoms with Crippen LogP contribution >= 0.6 is 23.4 Å². The van der Waals surface area contributed by atoms with Gasteiger partial charge in [-0.3, -0.25) is 4.79 Å². The summed E-state index contributed by atoms with van der Waals surface area (Å²) in [5.74, 6) is 0.232. The normalized spacial score (nSPS) is 24.1. The molecule has 5 atom stereocenters. The number of hydrogen-bond donors (Lipinski definition) is 3. The maximum Gasteiger partial charge on any atom is 0.253 e. The molecule has 218 valence electrons. The van der Waals surface area contributed by atoms with E-state index in [1.807, 2.05) is 37.3 Å². The fourth-order valence-corrected chi connectivity index (χ4v) is 6.20. The number of likely N-dealkylation sites (tertiary alicyclic amines) is 1. The Labute approximate surface area is 247 Å². The minimum atomic E-state index is -1.48. The number of amides is 1. The van der Waals surface area contributed by atoms with Crippen LogP contribution < -0.4 is 4.74 Å². The van der Waals surface area contributed by atoms with Crippen LogP contribution in [0.4, 0.5) is 4.39 Å². The number of rotatable bonds is 9. The summed E-state index contributed by atoms with van der Waals surface area (Å²) in [6, 6.07) is 17.2. The van der Waals surface area contributed by atoms with Crippen molar-refractivity contribution in [2.75, 3.05) is 25.4 Å². The van der Waals surface area contributed by atoms with Crippen molar-refractivity contribution < 1.29 is 34.0 Å². The van der Waals surface area contributed by atoms with Crippen LogP contribution in [0.3, 0.4) is 0 Å². The standard InChI is InChI=1S/C31H33ClFNO6S/c1-2-39-22-8-4-18(5-9-22)14-21-15-19(6-10-23(21)32)30-29(37)28(36)27(35)25(40-30)17-41-26-16-20(7-11-24(26)33)31(38)34-12-3-13-34/h4-11,15-16,25,27-30,35-37H,2-3,12-14,17H2,1H3. The number of hydrogen-bond acceptors (Lipinski definition) is 7. The SMILES string of the molecule is CCOc1ccc(Cc2cc(C3OC(CSc4cc(C(=O)N5CCC5)ccc4F)C(O)C(O)C3O)ccc2Cl)cc1. The number of aliphatic hydroxyl groups is 3. The summed E-state index contributed by atoms with van der Waals surface area (Å²) in [5, 5.41) is 32.8. The molecule has 0 aromatic heterocycles. The van der Waals surface area contributed by atoms with Crippen molar-refractivity contribution in [2.45, 2.75) is 55.2 Å². The Balaban J connectivity index is 1.30. The summed E-state index contributed by atoms with van der Waals surface area (Å²) in [6.45, 7) is 3.88. The maximum atomic E-state index is 14.6. The van der Waals surface area contributed by atoms with Crippen LogP contribution in [0.5, 0.6) is 5.75 Å². The van der Waals surface area contributed by atoms with Crippen molar-refractivity contribution >= 4 is 29.3 Å². The molecule has 41 heavy (non-hydrogen) atoms. The summed E-state index contributed by atoms with van der Waals surface area (Å²) in [4.78, 5) is 14.5. The topological polar surface area (TPSA) is 99.5 Å². The van der Waals surface area contributed by atoms with Crippen LogP contribution in [-0.2, 0) is 11.2 Å². The molecule has 3 N–H and O–H groups in total. The Bertz CT molecular complexity index is 1370. The third-order valence-electron chi connectivity index (χ3n) is 7.46. The smallest absolute Gasteiger partial charge is 0.253 e. The molecule has 7 nitrogen and oxygen atoms in total. The van der Waals surface area contributed by atoms with Crippen LogP contribution in [0.25, 0.3) is 0 Å². The van der Waals surface area contributed by atoms with E-state index in [0.717, 1.165) is 35.1 Å². The Morgan fingerprint density at radius 1 is 1.05 bits per heavy atom. The number of carbonyl (C=O) groups is 1. The van der Waals surface area contributed by atoms with Gasteiger partial charge in [-0.05, 0) is 72.9 Å². The first-order valence-electron chi connectivity index (χ1n) is 13.7. The second-order valence-electron chi connectivity index (χ2n) is 10.3. The van der Waals surface area contributed by atoms with E-state index in [2.05, 4.69) is 0 Å². The van der Waals surface area contributed by atoms with E-state index in [1.165, 1.54) is 18.2 Å². The van der Waals surface area contributed by atoms with Crippen LogP contribution in [0.15, 0.2) is 65.6 Å². The fourth-order valence-electron chi connectivity index (χ4n) is 4.98. The van der Waals surface area contributed by atoms with E-state index in [4.69, 9.17) is 21.1 Å². The number of thioether (sulfide) groups is 1. The zero-order chi connectivity index (χ0) is 29.1. The van der Waals surface area contributed by atoms with Gasteiger partial charge in [0.2, 0.25) is 0 Å². The molecule has 2 aliphatic rings. The van der Waals surface area contributed by atoms with E-state index in [1.54, 1.807) is 17.0 Å². The van der Waals surface area contributed by atoms with Crippen LogP contribution in [-0.4, -0.2) is 76.0 Å². The lowest BCUT2D eigenvalue weighted by atomic mass is 9.90. The Hall–Kier alpha value is -2.66. The second-order valence-corrected chi connectivity index (χ2v) is 11.7. The van der Waals surface area contributed by atoms with Crippen molar-refractivity contribution in [1.82, 2.24) is 4.90 Å². The summed E-state index contributed by atoms with van der Waals surface area (Å²) in [6.07, 6.45) is -4.63. The predicted octanol–water partition coefficient (Wildman–Crippen LogP) is 4.63. The number of aliphatic hydroxyl groups excluding tert-OH is 3. The van der Waals surface area contributed by atoms with Gasteiger partial charge in [0.15, 0.2) is 0 Å². The lowest BCUT2D eigenvalue weighted by Gasteiger charge is -2.41. The number of halogens is 2. The fraction of sp³-hybridized carbons (Fsp3) is 0.387. The van der Waals surface area contributed by atoms with Crippen molar-refractivity contribution in [3.05, 3.63) is 93.8 Å². The molecule has 0 bridgehead atoms. The molecule has 10 heteroatoms. The number of nitrogens with zero attached hydrogens (tertiary/aromatic N) is 1. The highest BCUT2D eigenvalue weighted by molar-refractivity contribution is 7.99. The first-order valence-corrected chi connectivity index (χ1v) is 15.0. The molecule has 1 amide bonds. The third-order valence-corrected chi connectivity index (χ3v) is 8.95. The molecule has 2 aliphatic heterocycles. The predicted molar refractivity (Wildman–Crippen MR) is 155 cm³/mol. The molecule has 3 aromatic carbocycles. The summed E-state index contributed by atoms with van der Waals surface area (Å²) < 4.78 is 26.3. The van der Waals surface area contributed by atoms with Crippen molar-refractivity contribution in [2.24, 2.45) is 0 Å². The number of ether oxygens (including phenoxy) is 2. The van der Waals surface area contributed by atoms with Gasteiger partial charge in [0, 0.05) is 34.3 Å². The largest absolute Gasteiger partial charge is 0.494 e. The van der Waals surface area contributed by atoms with Gasteiger partial charge in [0.05, 0.1) is 12.7 Å². The molecule has 0 radical (unpaired) electrons. The summed E-state index contributed by atoms with van der Waals surface area (Å²) in [5.41, 5.74) is 2.81. The molecule has 2 fully saturated rings. The number of benzene rings is 3. The molecule has 2 heterocycles. The van der Waals surface area contributed by atoms with E-state index in [9.17, 15) is 24.5 Å². The van der Waals surface area contributed by atoms with E-state index in [0.29, 0.717) is 42.3 Å². The highest BCUT2D eigenvalue weighted by Gasteiger charge is 2.44. The van der Waals surface area contributed by atoms with Gasteiger partial charge in [0.25, 0.3) is 5.91 Å². The van der Waals surface area contributed by atoms with Gasteiger partial charge in [-0.1, -0.05) is 35.9 Å².